The average molecular weight is 387 g/mol. The maximum absolute atomic E-state index is 12.4. The Labute approximate surface area is 162 Å². The molecule has 0 aliphatic rings. The first-order valence-corrected chi connectivity index (χ1v) is 8.65. The Hall–Kier alpha value is -3.12. The van der Waals surface area contributed by atoms with Crippen molar-refractivity contribution in [1.29, 1.82) is 0 Å². The van der Waals surface area contributed by atoms with Gasteiger partial charge in [-0.2, -0.15) is 0 Å². The number of rotatable bonds is 6. The van der Waals surface area contributed by atoms with Gasteiger partial charge in [0.2, 0.25) is 6.10 Å². The Balaban J connectivity index is 2.12. The zero-order chi connectivity index (χ0) is 19.6. The Morgan fingerprint density at radius 1 is 1.11 bits per heavy atom. The van der Waals surface area contributed by atoms with E-state index < -0.39 is 24.0 Å². The van der Waals surface area contributed by atoms with Crippen LogP contribution < -0.4 is 10.6 Å². The summed E-state index contributed by atoms with van der Waals surface area (Å²) in [6, 6.07) is 14.7. The fraction of sp³-hybridized carbons (Fsp3) is 0.150. The van der Waals surface area contributed by atoms with Crippen LogP contribution in [0.5, 0.6) is 0 Å². The van der Waals surface area contributed by atoms with Crippen LogP contribution in [0.25, 0.3) is 6.08 Å². The number of amides is 3. The predicted octanol–water partition coefficient (Wildman–Crippen LogP) is 3.48. The van der Waals surface area contributed by atoms with Crippen LogP contribution >= 0.6 is 11.6 Å². The zero-order valence-electron chi connectivity index (χ0n) is 14.6. The lowest BCUT2D eigenvalue weighted by atomic mass is 10.1. The molecule has 0 aromatic heterocycles. The number of benzene rings is 2. The summed E-state index contributed by atoms with van der Waals surface area (Å²) in [5, 5.41) is 5.14. The fourth-order valence-corrected chi connectivity index (χ4v) is 2.41. The van der Waals surface area contributed by atoms with E-state index in [9.17, 15) is 14.4 Å². The van der Waals surface area contributed by atoms with E-state index in [1.165, 1.54) is 12.2 Å². The summed E-state index contributed by atoms with van der Waals surface area (Å²) in [7, 11) is 0. The van der Waals surface area contributed by atoms with Gasteiger partial charge in [-0.3, -0.25) is 10.1 Å². The van der Waals surface area contributed by atoms with Crippen LogP contribution in [0.3, 0.4) is 0 Å². The van der Waals surface area contributed by atoms with Crippen LogP contribution in [-0.2, 0) is 14.3 Å². The van der Waals surface area contributed by atoms with Crippen molar-refractivity contribution in [3.8, 4) is 0 Å². The number of imide groups is 1. The van der Waals surface area contributed by atoms with E-state index in [1.54, 1.807) is 61.5 Å². The molecule has 0 unspecified atom stereocenters. The minimum absolute atomic E-state index is 0.358. The third-order valence-corrected chi connectivity index (χ3v) is 3.64. The number of carbonyl (C=O) groups is 3. The van der Waals surface area contributed by atoms with Crippen molar-refractivity contribution < 1.29 is 19.1 Å². The quantitative estimate of drug-likeness (QED) is 0.588. The Kier molecular flexibility index (Phi) is 7.58. The van der Waals surface area contributed by atoms with Gasteiger partial charge in [0.05, 0.1) is 0 Å². The molecule has 2 aromatic rings. The summed E-state index contributed by atoms with van der Waals surface area (Å²) in [6.07, 6.45) is 1.46. The molecule has 0 heterocycles. The van der Waals surface area contributed by atoms with Crippen LogP contribution in [0.15, 0.2) is 60.7 Å². The monoisotopic (exact) mass is 386 g/mol. The van der Waals surface area contributed by atoms with Crippen molar-refractivity contribution in [2.45, 2.75) is 13.0 Å². The highest BCUT2D eigenvalue weighted by Crippen LogP contribution is 2.18. The van der Waals surface area contributed by atoms with Crippen molar-refractivity contribution in [2.75, 3.05) is 6.54 Å². The van der Waals surface area contributed by atoms with Gasteiger partial charge in [-0.25, -0.2) is 9.59 Å². The van der Waals surface area contributed by atoms with Crippen molar-refractivity contribution in [1.82, 2.24) is 10.6 Å². The molecule has 7 heteroatoms. The lowest BCUT2D eigenvalue weighted by molar-refractivity contribution is -0.151. The summed E-state index contributed by atoms with van der Waals surface area (Å²) in [5.74, 6) is -1.47. The molecule has 6 nitrogen and oxygen atoms in total. The lowest BCUT2D eigenvalue weighted by Gasteiger charge is -2.16. The Morgan fingerprint density at radius 3 is 2.52 bits per heavy atom. The largest absolute Gasteiger partial charge is 0.444 e. The second kappa shape index (κ2) is 10.1. The third-order valence-electron chi connectivity index (χ3n) is 3.41. The zero-order valence-corrected chi connectivity index (χ0v) is 15.4. The summed E-state index contributed by atoms with van der Waals surface area (Å²) < 4.78 is 5.28. The number of esters is 1. The topological polar surface area (TPSA) is 84.5 Å². The average Bonchev–Trinajstić information content (AvgIpc) is 2.65. The number of halogens is 1. The first-order valence-electron chi connectivity index (χ1n) is 8.27. The molecular formula is C20H19ClN2O4. The molecule has 0 fully saturated rings. The van der Waals surface area contributed by atoms with Gasteiger partial charge < -0.3 is 10.1 Å². The lowest BCUT2D eigenvalue weighted by Crippen LogP contribution is -2.42. The van der Waals surface area contributed by atoms with Gasteiger partial charge in [0.25, 0.3) is 5.91 Å². The number of hydrogen-bond donors (Lipinski definition) is 2. The highest BCUT2D eigenvalue weighted by molar-refractivity contribution is 6.30. The van der Waals surface area contributed by atoms with Gasteiger partial charge in [0.15, 0.2) is 0 Å². The molecule has 0 aliphatic heterocycles. The van der Waals surface area contributed by atoms with Gasteiger partial charge in [-0.05, 0) is 30.7 Å². The molecule has 0 saturated carbocycles. The summed E-state index contributed by atoms with van der Waals surface area (Å²) in [4.78, 5) is 36.2. The standard InChI is InChI=1S/C20H19ClN2O4/c1-2-22-20(26)23-19(25)18(15-8-4-3-5-9-15)27-17(24)12-11-14-7-6-10-16(21)13-14/h3-13,18H,2H2,1H3,(H2,22,23,25,26)/b12-11+/t18-/m0/s1. The molecular weight excluding hydrogens is 368 g/mol. The fourth-order valence-electron chi connectivity index (χ4n) is 2.21. The molecule has 0 radical (unpaired) electrons. The maximum Gasteiger partial charge on any atom is 0.331 e. The predicted molar refractivity (Wildman–Crippen MR) is 103 cm³/mol. The number of carbonyl (C=O) groups excluding carboxylic acids is 3. The molecule has 0 bridgehead atoms. The minimum atomic E-state index is -1.26. The van der Waals surface area contributed by atoms with Crippen molar-refractivity contribution in [3.05, 3.63) is 76.8 Å². The molecule has 2 aromatic carbocycles. The summed E-state index contributed by atoms with van der Waals surface area (Å²) in [6.45, 7) is 2.08. The number of urea groups is 1. The van der Waals surface area contributed by atoms with E-state index in [2.05, 4.69) is 10.6 Å². The summed E-state index contributed by atoms with van der Waals surface area (Å²) in [5.41, 5.74) is 1.16. The van der Waals surface area contributed by atoms with Crippen molar-refractivity contribution >= 4 is 35.6 Å². The second-order valence-corrected chi connectivity index (χ2v) is 5.90. The van der Waals surface area contributed by atoms with Crippen LogP contribution in [-0.4, -0.2) is 24.5 Å². The van der Waals surface area contributed by atoms with E-state index in [0.717, 1.165) is 0 Å². The van der Waals surface area contributed by atoms with E-state index >= 15 is 0 Å². The van der Waals surface area contributed by atoms with Crippen molar-refractivity contribution in [2.24, 2.45) is 0 Å². The summed E-state index contributed by atoms with van der Waals surface area (Å²) >= 11 is 5.90. The molecule has 0 aliphatic carbocycles. The number of nitrogens with one attached hydrogen (secondary N) is 2. The number of ether oxygens (including phenoxy) is 1. The van der Waals surface area contributed by atoms with Crippen LogP contribution in [0, 0.1) is 0 Å². The molecule has 27 heavy (non-hydrogen) atoms. The van der Waals surface area contributed by atoms with Gasteiger partial charge in [0, 0.05) is 23.2 Å². The van der Waals surface area contributed by atoms with E-state index in [1.807, 2.05) is 0 Å². The molecule has 0 spiro atoms. The van der Waals surface area contributed by atoms with E-state index in [0.29, 0.717) is 22.7 Å². The smallest absolute Gasteiger partial charge is 0.331 e. The Bertz CT molecular complexity index is 837. The SMILES string of the molecule is CCNC(=O)NC(=O)[C@@H](OC(=O)/C=C/c1cccc(Cl)c1)c1ccccc1. The molecule has 140 valence electrons. The Morgan fingerprint density at radius 2 is 1.85 bits per heavy atom. The van der Waals surface area contributed by atoms with Gasteiger partial charge >= 0.3 is 12.0 Å². The normalized spacial score (nSPS) is 11.6. The van der Waals surface area contributed by atoms with Crippen molar-refractivity contribution in [3.63, 3.8) is 0 Å². The highest BCUT2D eigenvalue weighted by Gasteiger charge is 2.25. The van der Waals surface area contributed by atoms with E-state index in [4.69, 9.17) is 16.3 Å². The molecule has 0 saturated heterocycles. The third kappa shape index (κ3) is 6.60. The molecule has 2 rings (SSSR count). The van der Waals surface area contributed by atoms with Crippen LogP contribution in [0.2, 0.25) is 5.02 Å². The first kappa shape index (κ1) is 20.2. The first-order chi connectivity index (χ1) is 13.0. The second-order valence-electron chi connectivity index (χ2n) is 5.46. The number of hydrogen-bond acceptors (Lipinski definition) is 4. The maximum atomic E-state index is 12.4. The molecule has 3 amide bonds. The van der Waals surface area contributed by atoms with Gasteiger partial charge in [-0.1, -0.05) is 54.1 Å². The molecule has 1 atom stereocenters. The van der Waals surface area contributed by atoms with Crippen LogP contribution in [0.4, 0.5) is 4.79 Å². The van der Waals surface area contributed by atoms with Gasteiger partial charge in [0.1, 0.15) is 0 Å². The van der Waals surface area contributed by atoms with Crippen LogP contribution in [0.1, 0.15) is 24.2 Å². The van der Waals surface area contributed by atoms with Gasteiger partial charge in [-0.15, -0.1) is 0 Å². The minimum Gasteiger partial charge on any atom is -0.444 e. The highest BCUT2D eigenvalue weighted by atomic mass is 35.5. The van der Waals surface area contributed by atoms with E-state index in [-0.39, 0.29) is 0 Å². The molecule has 2 N–H and O–H groups in total.